The minimum atomic E-state index is -0.982. The summed E-state index contributed by atoms with van der Waals surface area (Å²) in [6.07, 6.45) is 2.07. The van der Waals surface area contributed by atoms with Crippen molar-refractivity contribution < 1.29 is 19.5 Å². The van der Waals surface area contributed by atoms with Gasteiger partial charge < -0.3 is 14.9 Å². The molecule has 0 bridgehead atoms. The van der Waals surface area contributed by atoms with Crippen molar-refractivity contribution in [2.45, 2.75) is 25.3 Å². The number of aliphatic carboxylic acids is 1. The second-order valence-corrected chi connectivity index (χ2v) is 7.66. The van der Waals surface area contributed by atoms with Crippen LogP contribution in [0.1, 0.15) is 28.9 Å². The Morgan fingerprint density at radius 2 is 2.14 bits per heavy atom. The molecule has 0 spiro atoms. The summed E-state index contributed by atoms with van der Waals surface area (Å²) in [5, 5.41) is 9.20. The maximum atomic E-state index is 12.3. The number of piperidine rings is 1. The Hall–Kier alpha value is -1.41. The molecule has 1 fully saturated rings. The molecule has 22 heavy (non-hydrogen) atoms. The first-order valence-electron chi connectivity index (χ1n) is 6.93. The molecule has 2 amide bonds. The van der Waals surface area contributed by atoms with E-state index in [4.69, 9.17) is 0 Å². The Morgan fingerprint density at radius 3 is 2.73 bits per heavy atom. The molecule has 1 atom stereocenters. The van der Waals surface area contributed by atoms with Gasteiger partial charge in [-0.15, -0.1) is 11.3 Å². The van der Waals surface area contributed by atoms with Crippen molar-refractivity contribution in [1.29, 1.82) is 0 Å². The molecule has 120 valence electrons. The molecule has 0 aliphatic carbocycles. The molecule has 1 saturated heterocycles. The van der Waals surface area contributed by atoms with Crippen molar-refractivity contribution >= 4 is 45.1 Å². The van der Waals surface area contributed by atoms with E-state index in [-0.39, 0.29) is 18.4 Å². The average Bonchev–Trinajstić information content (AvgIpc) is 2.92. The lowest BCUT2D eigenvalue weighted by molar-refractivity contribution is -0.152. The number of likely N-dealkylation sites (N-methyl/N-ethyl adjacent to an activating group) is 1. The standard InChI is InChI=1S/C14H17BrN2O4S/c1-16(13(19)10-5-6-11(15)22-10)8-12(18)17-7-3-2-4-9(17)14(20)21/h5-6,9H,2-4,7-8H2,1H3,(H,20,21). The average molecular weight is 389 g/mol. The number of thiophene rings is 1. The third-order valence-electron chi connectivity index (χ3n) is 3.61. The minimum Gasteiger partial charge on any atom is -0.480 e. The number of carbonyl (C=O) groups is 3. The number of hydrogen-bond acceptors (Lipinski definition) is 4. The van der Waals surface area contributed by atoms with Crippen LogP contribution in [-0.4, -0.2) is 58.9 Å². The summed E-state index contributed by atoms with van der Waals surface area (Å²) in [5.74, 6) is -1.55. The third-order valence-corrected chi connectivity index (χ3v) is 5.22. The molecule has 2 heterocycles. The molecule has 0 aromatic carbocycles. The van der Waals surface area contributed by atoms with Crippen molar-refractivity contribution in [2.75, 3.05) is 20.1 Å². The highest BCUT2D eigenvalue weighted by Crippen LogP contribution is 2.23. The molecule has 1 aliphatic rings. The highest BCUT2D eigenvalue weighted by molar-refractivity contribution is 9.11. The van der Waals surface area contributed by atoms with Crippen LogP contribution >= 0.6 is 27.3 Å². The molecule has 8 heteroatoms. The molecule has 1 unspecified atom stereocenters. The van der Waals surface area contributed by atoms with Crippen LogP contribution in [0.5, 0.6) is 0 Å². The van der Waals surface area contributed by atoms with E-state index in [1.165, 1.54) is 21.1 Å². The number of amides is 2. The second-order valence-electron chi connectivity index (χ2n) is 5.20. The highest BCUT2D eigenvalue weighted by atomic mass is 79.9. The Morgan fingerprint density at radius 1 is 1.41 bits per heavy atom. The number of halogens is 1. The maximum Gasteiger partial charge on any atom is 0.326 e. The van der Waals surface area contributed by atoms with E-state index in [2.05, 4.69) is 15.9 Å². The van der Waals surface area contributed by atoms with Crippen molar-refractivity contribution in [1.82, 2.24) is 9.80 Å². The summed E-state index contributed by atoms with van der Waals surface area (Å²) in [4.78, 5) is 39.0. The largest absolute Gasteiger partial charge is 0.480 e. The van der Waals surface area contributed by atoms with Crippen molar-refractivity contribution in [2.24, 2.45) is 0 Å². The zero-order chi connectivity index (χ0) is 16.3. The molecular weight excluding hydrogens is 372 g/mol. The number of carbonyl (C=O) groups excluding carboxylic acids is 2. The van der Waals surface area contributed by atoms with Gasteiger partial charge in [-0.2, -0.15) is 0 Å². The highest BCUT2D eigenvalue weighted by Gasteiger charge is 2.32. The van der Waals surface area contributed by atoms with Gasteiger partial charge in [-0.1, -0.05) is 0 Å². The Bertz CT molecular complexity index is 589. The van der Waals surface area contributed by atoms with E-state index >= 15 is 0 Å². The molecule has 1 aromatic rings. The molecular formula is C14H17BrN2O4S. The van der Waals surface area contributed by atoms with E-state index in [0.29, 0.717) is 17.8 Å². The number of rotatable bonds is 4. The van der Waals surface area contributed by atoms with Crippen molar-refractivity contribution in [3.8, 4) is 0 Å². The summed E-state index contributed by atoms with van der Waals surface area (Å²) >= 11 is 4.59. The van der Waals surface area contributed by atoms with E-state index < -0.39 is 12.0 Å². The lowest BCUT2D eigenvalue weighted by atomic mass is 10.0. The molecule has 6 nitrogen and oxygen atoms in total. The van der Waals surface area contributed by atoms with E-state index in [0.717, 1.165) is 16.6 Å². The van der Waals surface area contributed by atoms with E-state index in [1.807, 2.05) is 0 Å². The first-order valence-corrected chi connectivity index (χ1v) is 8.54. The zero-order valence-electron chi connectivity index (χ0n) is 12.1. The van der Waals surface area contributed by atoms with Crippen LogP contribution in [-0.2, 0) is 9.59 Å². The van der Waals surface area contributed by atoms with Gasteiger partial charge in [-0.05, 0) is 47.3 Å². The number of hydrogen-bond donors (Lipinski definition) is 1. The molecule has 1 aromatic heterocycles. The van der Waals surface area contributed by atoms with Crippen LogP contribution in [0, 0.1) is 0 Å². The first-order chi connectivity index (χ1) is 10.4. The van der Waals surface area contributed by atoms with Crippen LogP contribution in [0.15, 0.2) is 15.9 Å². The van der Waals surface area contributed by atoms with Gasteiger partial charge in [0.15, 0.2) is 0 Å². The second kappa shape index (κ2) is 7.23. The monoisotopic (exact) mass is 388 g/mol. The van der Waals surface area contributed by atoms with Crippen LogP contribution in [0.25, 0.3) is 0 Å². The van der Waals surface area contributed by atoms with Crippen LogP contribution in [0.2, 0.25) is 0 Å². The van der Waals surface area contributed by atoms with Crippen LogP contribution < -0.4 is 0 Å². The number of carboxylic acids is 1. The van der Waals surface area contributed by atoms with Gasteiger partial charge in [0, 0.05) is 13.6 Å². The fourth-order valence-electron chi connectivity index (χ4n) is 2.47. The zero-order valence-corrected chi connectivity index (χ0v) is 14.5. The fourth-order valence-corrected chi connectivity index (χ4v) is 3.85. The Balaban J connectivity index is 2.00. The quantitative estimate of drug-likeness (QED) is 0.855. The van der Waals surface area contributed by atoms with Crippen LogP contribution in [0.3, 0.4) is 0 Å². The van der Waals surface area contributed by atoms with Gasteiger partial charge in [-0.25, -0.2) is 4.79 Å². The first kappa shape index (κ1) is 17.0. The lowest BCUT2D eigenvalue weighted by Gasteiger charge is -2.34. The van der Waals surface area contributed by atoms with Gasteiger partial charge in [-0.3, -0.25) is 9.59 Å². The molecule has 2 rings (SSSR count). The number of nitrogens with zero attached hydrogens (tertiary/aromatic N) is 2. The predicted molar refractivity (Wildman–Crippen MR) is 86.0 cm³/mol. The summed E-state index contributed by atoms with van der Waals surface area (Å²) < 4.78 is 0.845. The molecule has 1 aliphatic heterocycles. The normalized spacial score (nSPS) is 18.1. The SMILES string of the molecule is CN(CC(=O)N1CCCCC1C(=O)O)C(=O)c1ccc(Br)s1. The van der Waals surface area contributed by atoms with Gasteiger partial charge in [0.25, 0.3) is 5.91 Å². The smallest absolute Gasteiger partial charge is 0.326 e. The summed E-state index contributed by atoms with van der Waals surface area (Å²) in [6.45, 7) is 0.320. The Kier molecular flexibility index (Phi) is 5.57. The number of carboxylic acid groups (broad SMARTS) is 1. The van der Waals surface area contributed by atoms with Gasteiger partial charge in [0.2, 0.25) is 5.91 Å². The summed E-state index contributed by atoms with van der Waals surface area (Å²) in [6, 6.07) is 2.69. The minimum absolute atomic E-state index is 0.113. The van der Waals surface area contributed by atoms with Crippen molar-refractivity contribution in [3.05, 3.63) is 20.8 Å². The molecule has 0 radical (unpaired) electrons. The van der Waals surface area contributed by atoms with E-state index in [9.17, 15) is 19.5 Å². The summed E-state index contributed by atoms with van der Waals surface area (Å²) in [5.41, 5.74) is 0. The van der Waals surface area contributed by atoms with Crippen molar-refractivity contribution in [3.63, 3.8) is 0 Å². The van der Waals surface area contributed by atoms with Gasteiger partial charge in [0.05, 0.1) is 15.2 Å². The summed E-state index contributed by atoms with van der Waals surface area (Å²) in [7, 11) is 1.55. The predicted octanol–water partition coefficient (Wildman–Crippen LogP) is 2.05. The maximum absolute atomic E-state index is 12.3. The molecule has 0 saturated carbocycles. The third kappa shape index (κ3) is 3.86. The van der Waals surface area contributed by atoms with Crippen LogP contribution in [0.4, 0.5) is 0 Å². The lowest BCUT2D eigenvalue weighted by Crippen LogP contribution is -2.51. The number of likely N-dealkylation sites (tertiary alicyclic amines) is 1. The van der Waals surface area contributed by atoms with Gasteiger partial charge in [0.1, 0.15) is 6.04 Å². The Labute approximate surface area is 140 Å². The molecule has 1 N–H and O–H groups in total. The van der Waals surface area contributed by atoms with Gasteiger partial charge >= 0.3 is 5.97 Å². The fraction of sp³-hybridized carbons (Fsp3) is 0.500. The topological polar surface area (TPSA) is 77.9 Å². The van der Waals surface area contributed by atoms with E-state index in [1.54, 1.807) is 19.2 Å².